The van der Waals surface area contributed by atoms with E-state index in [-0.39, 0.29) is 6.09 Å². The molecule has 1 aliphatic carbocycles. The zero-order valence-electron chi connectivity index (χ0n) is 15.1. The van der Waals surface area contributed by atoms with E-state index in [1.165, 1.54) is 0 Å². The molecule has 6 heteroatoms. The summed E-state index contributed by atoms with van der Waals surface area (Å²) in [5.41, 5.74) is -0.435. The lowest BCUT2D eigenvalue weighted by Gasteiger charge is -2.21. The Kier molecular flexibility index (Phi) is 5.58. The normalized spacial score (nSPS) is 25.4. The van der Waals surface area contributed by atoms with Crippen LogP contribution in [0.4, 0.5) is 4.79 Å². The van der Waals surface area contributed by atoms with Gasteiger partial charge in [0.1, 0.15) is 18.0 Å². The molecule has 1 aromatic carbocycles. The molecule has 0 bridgehead atoms. The number of amides is 1. The number of ether oxygens (including phenoxy) is 2. The fourth-order valence-electron chi connectivity index (χ4n) is 3.56. The van der Waals surface area contributed by atoms with Crippen LogP contribution in [0, 0.1) is 17.8 Å². The molecule has 0 radical (unpaired) electrons. The van der Waals surface area contributed by atoms with E-state index < -0.39 is 5.60 Å². The Hall–Kier alpha value is -1.27. The molecule has 0 spiro atoms. The second kappa shape index (κ2) is 7.54. The van der Waals surface area contributed by atoms with Crippen LogP contribution in [0.2, 0.25) is 0 Å². The van der Waals surface area contributed by atoms with Crippen molar-refractivity contribution in [3.8, 4) is 5.75 Å². The van der Waals surface area contributed by atoms with Crippen molar-refractivity contribution in [1.29, 1.82) is 0 Å². The summed E-state index contributed by atoms with van der Waals surface area (Å²) >= 11 is 3.42. The maximum Gasteiger partial charge on any atom is 0.407 e. The molecule has 1 amide bonds. The molecule has 1 aromatic rings. The molecule has 1 aliphatic heterocycles. The van der Waals surface area contributed by atoms with Gasteiger partial charge in [0.25, 0.3) is 0 Å². The second-order valence-electron chi connectivity index (χ2n) is 7.94. The predicted octanol–water partition coefficient (Wildman–Crippen LogP) is 3.53. The predicted molar refractivity (Wildman–Crippen MR) is 101 cm³/mol. The van der Waals surface area contributed by atoms with Crippen molar-refractivity contribution in [2.45, 2.75) is 26.4 Å². The van der Waals surface area contributed by atoms with Gasteiger partial charge in [-0.15, -0.1) is 0 Å². The monoisotopic (exact) mass is 410 g/mol. The van der Waals surface area contributed by atoms with Crippen LogP contribution in [0.25, 0.3) is 0 Å². The lowest BCUT2D eigenvalue weighted by Crippen LogP contribution is -2.35. The van der Waals surface area contributed by atoms with Crippen LogP contribution in [0.3, 0.4) is 0 Å². The summed E-state index contributed by atoms with van der Waals surface area (Å²) in [6.07, 6.45) is -0.308. The number of fused-ring (bicyclic) bond motifs is 1. The van der Waals surface area contributed by atoms with E-state index in [0.29, 0.717) is 24.4 Å². The molecule has 2 atom stereocenters. The van der Waals surface area contributed by atoms with Crippen LogP contribution in [-0.4, -0.2) is 49.4 Å². The van der Waals surface area contributed by atoms with Gasteiger partial charge in [-0.1, -0.05) is 15.9 Å². The maximum atomic E-state index is 11.7. The van der Waals surface area contributed by atoms with Gasteiger partial charge in [-0.2, -0.15) is 0 Å². The van der Waals surface area contributed by atoms with Crippen molar-refractivity contribution in [2.75, 3.05) is 32.8 Å². The molecule has 5 nitrogen and oxygen atoms in total. The van der Waals surface area contributed by atoms with E-state index in [2.05, 4.69) is 26.1 Å². The van der Waals surface area contributed by atoms with Crippen LogP contribution < -0.4 is 10.1 Å². The summed E-state index contributed by atoms with van der Waals surface area (Å²) in [4.78, 5) is 14.2. The number of benzene rings is 1. The van der Waals surface area contributed by atoms with E-state index in [4.69, 9.17) is 9.47 Å². The van der Waals surface area contributed by atoms with Gasteiger partial charge in [0.2, 0.25) is 0 Å². The number of piperidine rings is 1. The Labute approximate surface area is 158 Å². The van der Waals surface area contributed by atoms with Crippen molar-refractivity contribution in [1.82, 2.24) is 10.2 Å². The third-order valence-corrected chi connectivity index (χ3v) is 5.35. The van der Waals surface area contributed by atoms with Crippen LogP contribution >= 0.6 is 15.9 Å². The number of hydrogen-bond donors (Lipinski definition) is 1. The highest BCUT2D eigenvalue weighted by atomic mass is 79.9. The molecule has 1 saturated carbocycles. The van der Waals surface area contributed by atoms with Crippen molar-refractivity contribution in [2.24, 2.45) is 17.8 Å². The first-order chi connectivity index (χ1) is 11.8. The minimum Gasteiger partial charge on any atom is -0.492 e. The quantitative estimate of drug-likeness (QED) is 0.778. The van der Waals surface area contributed by atoms with Gasteiger partial charge in [-0.05, 0) is 62.8 Å². The number of carbonyl (C=O) groups excluding carboxylic acids is 1. The minimum atomic E-state index is -0.435. The zero-order valence-corrected chi connectivity index (χ0v) is 16.7. The molecular weight excluding hydrogens is 384 g/mol. The number of nitrogens with one attached hydrogen (secondary N) is 1. The average Bonchev–Trinajstić information content (AvgIpc) is 2.97. The SMILES string of the molecule is CC(C)(C)OC(=O)NCC1C2CN(CCOc3ccc(Br)cc3)CC12. The van der Waals surface area contributed by atoms with E-state index >= 15 is 0 Å². The smallest absolute Gasteiger partial charge is 0.407 e. The summed E-state index contributed by atoms with van der Waals surface area (Å²) in [6.45, 7) is 10.3. The third kappa shape index (κ3) is 5.35. The molecule has 25 heavy (non-hydrogen) atoms. The van der Waals surface area contributed by atoms with E-state index in [1.54, 1.807) is 0 Å². The van der Waals surface area contributed by atoms with Crippen molar-refractivity contribution < 1.29 is 14.3 Å². The van der Waals surface area contributed by atoms with Gasteiger partial charge in [-0.25, -0.2) is 4.79 Å². The molecule has 2 unspecified atom stereocenters. The van der Waals surface area contributed by atoms with Crippen molar-refractivity contribution in [3.05, 3.63) is 28.7 Å². The second-order valence-corrected chi connectivity index (χ2v) is 8.85. The standard InChI is InChI=1S/C19H27BrN2O3/c1-19(2,3)25-18(23)21-10-15-16-11-22(12-17(15)16)8-9-24-14-6-4-13(20)5-7-14/h4-7,15-17H,8-12H2,1-3H3,(H,21,23). The molecule has 1 heterocycles. The Morgan fingerprint density at radius 3 is 2.48 bits per heavy atom. The lowest BCUT2D eigenvalue weighted by molar-refractivity contribution is 0.0522. The molecule has 138 valence electrons. The zero-order chi connectivity index (χ0) is 18.0. The third-order valence-electron chi connectivity index (χ3n) is 4.82. The van der Waals surface area contributed by atoms with Crippen LogP contribution in [0.1, 0.15) is 20.8 Å². The number of halogens is 1. The van der Waals surface area contributed by atoms with Gasteiger partial charge in [0, 0.05) is 30.7 Å². The van der Waals surface area contributed by atoms with Gasteiger partial charge in [-0.3, -0.25) is 4.90 Å². The van der Waals surface area contributed by atoms with E-state index in [0.717, 1.165) is 36.4 Å². The van der Waals surface area contributed by atoms with Crippen LogP contribution in [0.5, 0.6) is 5.75 Å². The molecule has 1 saturated heterocycles. The first-order valence-corrected chi connectivity index (χ1v) is 9.69. The average molecular weight is 411 g/mol. The fourth-order valence-corrected chi connectivity index (χ4v) is 3.83. The fraction of sp³-hybridized carbons (Fsp3) is 0.632. The minimum absolute atomic E-state index is 0.308. The Balaban J connectivity index is 1.29. The maximum absolute atomic E-state index is 11.7. The summed E-state index contributed by atoms with van der Waals surface area (Å²) in [5.74, 6) is 2.94. The highest BCUT2D eigenvalue weighted by molar-refractivity contribution is 9.10. The summed E-state index contributed by atoms with van der Waals surface area (Å²) in [5, 5.41) is 2.91. The number of alkyl carbamates (subject to hydrolysis) is 1. The largest absolute Gasteiger partial charge is 0.492 e. The molecule has 1 N–H and O–H groups in total. The molecule has 2 aliphatic rings. The summed E-state index contributed by atoms with van der Waals surface area (Å²) in [6, 6.07) is 7.93. The number of likely N-dealkylation sites (tertiary alicyclic amines) is 1. The highest BCUT2D eigenvalue weighted by Crippen LogP contribution is 2.51. The van der Waals surface area contributed by atoms with Gasteiger partial charge in [0.15, 0.2) is 0 Å². The summed E-state index contributed by atoms with van der Waals surface area (Å²) in [7, 11) is 0. The van der Waals surface area contributed by atoms with Crippen molar-refractivity contribution in [3.63, 3.8) is 0 Å². The van der Waals surface area contributed by atoms with Gasteiger partial charge < -0.3 is 14.8 Å². The molecule has 2 fully saturated rings. The number of nitrogens with zero attached hydrogens (tertiary/aromatic N) is 1. The number of rotatable bonds is 6. The molecular formula is C19H27BrN2O3. The Morgan fingerprint density at radius 1 is 1.24 bits per heavy atom. The lowest BCUT2D eigenvalue weighted by atomic mass is 10.2. The van der Waals surface area contributed by atoms with E-state index in [1.807, 2.05) is 45.0 Å². The Bertz CT molecular complexity index is 588. The number of carbonyl (C=O) groups is 1. The molecule has 3 rings (SSSR count). The van der Waals surface area contributed by atoms with Crippen LogP contribution in [-0.2, 0) is 4.74 Å². The van der Waals surface area contributed by atoms with Crippen LogP contribution in [0.15, 0.2) is 28.7 Å². The first kappa shape index (κ1) is 18.5. The Morgan fingerprint density at radius 2 is 1.88 bits per heavy atom. The number of hydrogen-bond acceptors (Lipinski definition) is 4. The van der Waals surface area contributed by atoms with Gasteiger partial charge >= 0.3 is 6.09 Å². The van der Waals surface area contributed by atoms with Gasteiger partial charge in [0.05, 0.1) is 0 Å². The van der Waals surface area contributed by atoms with E-state index in [9.17, 15) is 4.79 Å². The topological polar surface area (TPSA) is 50.8 Å². The first-order valence-electron chi connectivity index (χ1n) is 8.89. The highest BCUT2D eigenvalue weighted by Gasteiger charge is 2.55. The van der Waals surface area contributed by atoms with Crippen molar-refractivity contribution >= 4 is 22.0 Å². The summed E-state index contributed by atoms with van der Waals surface area (Å²) < 4.78 is 12.1. The molecule has 0 aromatic heterocycles.